The summed E-state index contributed by atoms with van der Waals surface area (Å²) >= 11 is 0. The first kappa shape index (κ1) is 24.5. The first-order valence-electron chi connectivity index (χ1n) is 11.2. The number of anilines is 1. The molecule has 0 aliphatic carbocycles. The van der Waals surface area contributed by atoms with E-state index in [4.69, 9.17) is 9.47 Å². The highest BCUT2D eigenvalue weighted by Gasteiger charge is 2.06. The molecule has 3 rings (SSSR count). The van der Waals surface area contributed by atoms with Crippen LogP contribution in [0, 0.1) is 0 Å². The zero-order valence-corrected chi connectivity index (χ0v) is 19.7. The van der Waals surface area contributed by atoms with E-state index in [1.165, 1.54) is 12.2 Å². The summed E-state index contributed by atoms with van der Waals surface area (Å²) in [6.07, 6.45) is 7.25. The third kappa shape index (κ3) is 7.48. The molecular weight excluding hydrogens is 426 g/mol. The van der Waals surface area contributed by atoms with Crippen LogP contribution in [0.2, 0.25) is 0 Å². The van der Waals surface area contributed by atoms with Crippen molar-refractivity contribution in [2.45, 2.75) is 13.3 Å². The van der Waals surface area contributed by atoms with Crippen molar-refractivity contribution in [1.82, 2.24) is 0 Å². The molecule has 0 spiro atoms. The van der Waals surface area contributed by atoms with Crippen molar-refractivity contribution in [1.29, 1.82) is 0 Å². The molecule has 0 aliphatic heterocycles. The van der Waals surface area contributed by atoms with Crippen LogP contribution in [0.3, 0.4) is 0 Å². The first-order chi connectivity index (χ1) is 16.4. The van der Waals surface area contributed by atoms with Gasteiger partial charge in [0, 0.05) is 31.4 Å². The molecule has 0 aliphatic rings. The molecule has 0 amide bonds. The molecule has 0 heterocycles. The number of esters is 1. The van der Waals surface area contributed by atoms with Gasteiger partial charge in [-0.05, 0) is 66.1 Å². The van der Waals surface area contributed by atoms with Gasteiger partial charge in [-0.15, -0.1) is 0 Å². The van der Waals surface area contributed by atoms with Crippen LogP contribution in [0.15, 0.2) is 84.9 Å². The van der Waals surface area contributed by atoms with Crippen LogP contribution in [0.5, 0.6) is 11.5 Å². The molecule has 3 aromatic rings. The number of carbonyl (C=O) groups is 2. The van der Waals surface area contributed by atoms with E-state index >= 15 is 0 Å². The second-order valence-corrected chi connectivity index (χ2v) is 7.88. The molecule has 0 unspecified atom stereocenters. The Balaban J connectivity index is 1.58. The summed E-state index contributed by atoms with van der Waals surface area (Å²) in [4.78, 5) is 26.8. The third-order valence-electron chi connectivity index (χ3n) is 4.94. The van der Waals surface area contributed by atoms with Gasteiger partial charge in [-0.2, -0.15) is 0 Å². The highest BCUT2D eigenvalue weighted by Crippen LogP contribution is 2.17. The van der Waals surface area contributed by atoms with Crippen LogP contribution in [-0.2, 0) is 4.79 Å². The number of rotatable bonds is 10. The van der Waals surface area contributed by atoms with Gasteiger partial charge in [0.05, 0.1) is 6.61 Å². The molecule has 3 aromatic carbocycles. The van der Waals surface area contributed by atoms with Crippen molar-refractivity contribution in [3.05, 3.63) is 102 Å². The molecule has 174 valence electrons. The van der Waals surface area contributed by atoms with Crippen molar-refractivity contribution < 1.29 is 19.1 Å². The third-order valence-corrected chi connectivity index (χ3v) is 4.94. The molecule has 0 radical (unpaired) electrons. The number of nitrogens with zero attached hydrogens (tertiary/aromatic N) is 1. The lowest BCUT2D eigenvalue weighted by Crippen LogP contribution is -2.07. The number of allylic oxidation sites excluding steroid dienone is 1. The Morgan fingerprint density at radius 2 is 1.47 bits per heavy atom. The van der Waals surface area contributed by atoms with E-state index < -0.39 is 5.97 Å². The maximum Gasteiger partial charge on any atom is 0.336 e. The van der Waals surface area contributed by atoms with E-state index in [9.17, 15) is 9.59 Å². The fraction of sp³-hybridized carbons (Fsp3) is 0.172. The highest BCUT2D eigenvalue weighted by molar-refractivity contribution is 6.07. The van der Waals surface area contributed by atoms with Gasteiger partial charge >= 0.3 is 5.97 Å². The fourth-order valence-electron chi connectivity index (χ4n) is 3.07. The fourth-order valence-corrected chi connectivity index (χ4v) is 3.07. The smallest absolute Gasteiger partial charge is 0.336 e. The Hall–Kier alpha value is -4.12. The van der Waals surface area contributed by atoms with Gasteiger partial charge in [0.1, 0.15) is 11.5 Å². The number of carbonyl (C=O) groups excluding carboxylic acids is 2. The molecule has 0 fully saturated rings. The summed E-state index contributed by atoms with van der Waals surface area (Å²) in [6.45, 7) is 2.72. The summed E-state index contributed by atoms with van der Waals surface area (Å²) in [5.41, 5.74) is 3.31. The Labute approximate surface area is 200 Å². The van der Waals surface area contributed by atoms with E-state index in [0.29, 0.717) is 17.9 Å². The summed E-state index contributed by atoms with van der Waals surface area (Å²) in [5.74, 6) is 0.415. The number of benzene rings is 3. The molecule has 34 heavy (non-hydrogen) atoms. The van der Waals surface area contributed by atoms with Crippen LogP contribution in [0.4, 0.5) is 5.69 Å². The van der Waals surface area contributed by atoms with Gasteiger partial charge in [-0.25, -0.2) is 4.79 Å². The Kier molecular flexibility index (Phi) is 8.81. The predicted octanol–water partition coefficient (Wildman–Crippen LogP) is 6.06. The molecule has 0 saturated carbocycles. The van der Waals surface area contributed by atoms with Crippen LogP contribution in [0.25, 0.3) is 12.2 Å². The summed E-state index contributed by atoms with van der Waals surface area (Å²) in [6, 6.07) is 21.9. The van der Waals surface area contributed by atoms with E-state index in [1.54, 1.807) is 36.4 Å². The summed E-state index contributed by atoms with van der Waals surface area (Å²) in [5, 5.41) is 0. The van der Waals surface area contributed by atoms with Gasteiger partial charge in [-0.1, -0.05) is 49.4 Å². The van der Waals surface area contributed by atoms with E-state index in [2.05, 4.69) is 6.92 Å². The zero-order valence-electron chi connectivity index (χ0n) is 19.7. The highest BCUT2D eigenvalue weighted by atomic mass is 16.5. The van der Waals surface area contributed by atoms with E-state index in [0.717, 1.165) is 29.0 Å². The molecular formula is C29H29NO4. The molecule has 0 N–H and O–H groups in total. The Bertz CT molecular complexity index is 1160. The number of ketones is 1. The number of hydrogen-bond donors (Lipinski definition) is 0. The van der Waals surface area contributed by atoms with Crippen LogP contribution >= 0.6 is 0 Å². The van der Waals surface area contributed by atoms with Crippen molar-refractivity contribution in [2.24, 2.45) is 0 Å². The van der Waals surface area contributed by atoms with E-state index in [1.807, 2.05) is 67.5 Å². The van der Waals surface area contributed by atoms with Crippen molar-refractivity contribution in [2.75, 3.05) is 25.6 Å². The van der Waals surface area contributed by atoms with Crippen LogP contribution < -0.4 is 14.4 Å². The Morgan fingerprint density at radius 3 is 2.12 bits per heavy atom. The molecule has 5 nitrogen and oxygen atoms in total. The number of ether oxygens (including phenoxy) is 2. The second-order valence-electron chi connectivity index (χ2n) is 7.88. The summed E-state index contributed by atoms with van der Waals surface area (Å²) < 4.78 is 10.9. The predicted molar refractivity (Wildman–Crippen MR) is 137 cm³/mol. The maximum absolute atomic E-state index is 12.6. The molecule has 0 bridgehead atoms. The van der Waals surface area contributed by atoms with E-state index in [-0.39, 0.29) is 5.78 Å². The largest absolute Gasteiger partial charge is 0.494 e. The first-order valence-corrected chi connectivity index (χ1v) is 11.2. The normalized spacial score (nSPS) is 11.0. The van der Waals surface area contributed by atoms with Gasteiger partial charge in [0.2, 0.25) is 0 Å². The minimum absolute atomic E-state index is 0.171. The maximum atomic E-state index is 12.6. The van der Waals surface area contributed by atoms with Crippen molar-refractivity contribution in [3.63, 3.8) is 0 Å². The molecule has 0 saturated heterocycles. The van der Waals surface area contributed by atoms with Gasteiger partial charge < -0.3 is 14.4 Å². The monoisotopic (exact) mass is 455 g/mol. The lowest BCUT2D eigenvalue weighted by molar-refractivity contribution is -0.128. The minimum Gasteiger partial charge on any atom is -0.494 e. The Morgan fingerprint density at radius 1 is 0.824 bits per heavy atom. The zero-order chi connectivity index (χ0) is 24.3. The SMILES string of the molecule is CCCOc1ccc(/C=C/C(=O)Oc2cccc(C(=O)/C=C/c3ccc(N(C)C)cc3)c2)cc1. The molecule has 5 heteroatoms. The van der Waals surface area contributed by atoms with Crippen LogP contribution in [0.1, 0.15) is 34.8 Å². The minimum atomic E-state index is -0.521. The second kappa shape index (κ2) is 12.2. The van der Waals surface area contributed by atoms with Gasteiger partial charge in [-0.3, -0.25) is 4.79 Å². The average molecular weight is 456 g/mol. The molecule has 0 aromatic heterocycles. The average Bonchev–Trinajstić information content (AvgIpc) is 2.85. The molecule has 0 atom stereocenters. The lowest BCUT2D eigenvalue weighted by atomic mass is 10.1. The van der Waals surface area contributed by atoms with Gasteiger partial charge in [0.15, 0.2) is 5.78 Å². The van der Waals surface area contributed by atoms with Crippen molar-refractivity contribution >= 4 is 29.6 Å². The standard InChI is InChI=1S/C29H29NO4/c1-4-20-33-26-16-10-23(11-17-26)13-19-29(32)34-27-7-5-6-24(21-27)28(31)18-12-22-8-14-25(15-9-22)30(2)3/h5-19,21H,4,20H2,1-3H3/b18-12+,19-13+. The number of hydrogen-bond acceptors (Lipinski definition) is 5. The van der Waals surface area contributed by atoms with Crippen molar-refractivity contribution in [3.8, 4) is 11.5 Å². The lowest BCUT2D eigenvalue weighted by Gasteiger charge is -2.11. The quantitative estimate of drug-likeness (QED) is 0.161. The van der Waals surface area contributed by atoms with Gasteiger partial charge in [0.25, 0.3) is 0 Å². The summed E-state index contributed by atoms with van der Waals surface area (Å²) in [7, 11) is 3.95. The topological polar surface area (TPSA) is 55.8 Å². The van der Waals surface area contributed by atoms with Crippen LogP contribution in [-0.4, -0.2) is 32.5 Å².